The number of aromatic amines is 1. The fourth-order valence-corrected chi connectivity index (χ4v) is 3.46. The molecule has 0 radical (unpaired) electrons. The van der Waals surface area contributed by atoms with Crippen LogP contribution in [0.2, 0.25) is 0 Å². The summed E-state index contributed by atoms with van der Waals surface area (Å²) in [5, 5.41) is 0. The Morgan fingerprint density at radius 1 is 1.00 bits per heavy atom. The summed E-state index contributed by atoms with van der Waals surface area (Å²) < 4.78 is 5.50. The van der Waals surface area contributed by atoms with E-state index in [4.69, 9.17) is 4.74 Å². The summed E-state index contributed by atoms with van der Waals surface area (Å²) in [5.41, 5.74) is 2.40. The van der Waals surface area contributed by atoms with E-state index in [0.717, 1.165) is 24.2 Å². The lowest BCUT2D eigenvalue weighted by molar-refractivity contribution is 0.0716. The van der Waals surface area contributed by atoms with Crippen LogP contribution in [0.3, 0.4) is 0 Å². The zero-order valence-corrected chi connectivity index (χ0v) is 14.0. The molecular formula is C19H21N3O3. The van der Waals surface area contributed by atoms with Gasteiger partial charge in [-0.3, -0.25) is 9.59 Å². The van der Waals surface area contributed by atoms with Crippen molar-refractivity contribution >= 4 is 11.8 Å². The molecule has 0 atom stereocenters. The van der Waals surface area contributed by atoms with E-state index >= 15 is 0 Å². The number of hydrogen-bond acceptors (Lipinski definition) is 3. The van der Waals surface area contributed by atoms with Crippen LogP contribution in [-0.2, 0) is 6.42 Å². The van der Waals surface area contributed by atoms with E-state index in [1.165, 1.54) is 0 Å². The van der Waals surface area contributed by atoms with Crippen LogP contribution in [-0.4, -0.2) is 59.4 Å². The minimum Gasteiger partial charge on any atom is -0.493 e. The standard InChI is InChI=1S/C19H21N3O3/c23-18(15-4-5-17-14(13-15)6-12-25-17)21-8-2-9-22(11-10-21)19(24)16-3-1-7-20-16/h1,3-5,7,13,20H,2,6,8-12H2. The number of carbonyl (C=O) groups excluding carboxylic acids is 2. The van der Waals surface area contributed by atoms with Crippen molar-refractivity contribution in [2.75, 3.05) is 32.8 Å². The van der Waals surface area contributed by atoms with E-state index < -0.39 is 0 Å². The lowest BCUT2D eigenvalue weighted by Gasteiger charge is -2.22. The SMILES string of the molecule is O=C(c1ccc2c(c1)CCO2)N1CCCN(C(=O)c2ccc[nH]2)CC1. The van der Waals surface area contributed by atoms with Crippen molar-refractivity contribution in [3.8, 4) is 5.75 Å². The van der Waals surface area contributed by atoms with Gasteiger partial charge in [0.2, 0.25) is 0 Å². The largest absolute Gasteiger partial charge is 0.493 e. The second-order valence-corrected chi connectivity index (χ2v) is 6.44. The van der Waals surface area contributed by atoms with Gasteiger partial charge < -0.3 is 19.5 Å². The van der Waals surface area contributed by atoms with Gasteiger partial charge in [-0.25, -0.2) is 0 Å². The Balaban J connectivity index is 1.44. The maximum Gasteiger partial charge on any atom is 0.270 e. The van der Waals surface area contributed by atoms with Gasteiger partial charge in [0, 0.05) is 44.4 Å². The fraction of sp³-hybridized carbons (Fsp3) is 0.368. The van der Waals surface area contributed by atoms with E-state index in [0.29, 0.717) is 44.0 Å². The number of nitrogens with zero attached hydrogens (tertiary/aromatic N) is 2. The Kier molecular flexibility index (Phi) is 4.17. The molecule has 25 heavy (non-hydrogen) atoms. The summed E-state index contributed by atoms with van der Waals surface area (Å²) in [6.07, 6.45) is 3.39. The lowest BCUT2D eigenvalue weighted by Crippen LogP contribution is -2.37. The predicted octanol–water partition coefficient (Wildman–Crippen LogP) is 1.94. The Hall–Kier alpha value is -2.76. The molecule has 6 heteroatoms. The average Bonchev–Trinajstić information content (AvgIpc) is 3.27. The highest BCUT2D eigenvalue weighted by Gasteiger charge is 2.24. The van der Waals surface area contributed by atoms with Gasteiger partial charge in [0.05, 0.1) is 6.61 Å². The molecule has 1 aromatic heterocycles. The Morgan fingerprint density at radius 3 is 2.56 bits per heavy atom. The first-order valence-corrected chi connectivity index (χ1v) is 8.70. The number of aromatic nitrogens is 1. The van der Waals surface area contributed by atoms with E-state index in [2.05, 4.69) is 4.98 Å². The molecular weight excluding hydrogens is 318 g/mol. The van der Waals surface area contributed by atoms with Crippen molar-refractivity contribution in [3.05, 3.63) is 53.3 Å². The minimum atomic E-state index is -0.00558. The number of benzene rings is 1. The smallest absolute Gasteiger partial charge is 0.270 e. The molecule has 1 N–H and O–H groups in total. The van der Waals surface area contributed by atoms with Crippen molar-refractivity contribution in [1.82, 2.24) is 14.8 Å². The molecule has 3 heterocycles. The van der Waals surface area contributed by atoms with Crippen LogP contribution in [0.1, 0.15) is 32.8 Å². The van der Waals surface area contributed by atoms with Gasteiger partial charge in [0.1, 0.15) is 11.4 Å². The molecule has 2 amide bonds. The molecule has 0 unspecified atom stereocenters. The van der Waals surface area contributed by atoms with Gasteiger partial charge in [0.25, 0.3) is 11.8 Å². The van der Waals surface area contributed by atoms with E-state index in [1.54, 1.807) is 12.3 Å². The third-order valence-corrected chi connectivity index (χ3v) is 4.84. The maximum atomic E-state index is 12.8. The lowest BCUT2D eigenvalue weighted by atomic mass is 10.1. The van der Waals surface area contributed by atoms with Crippen molar-refractivity contribution in [2.45, 2.75) is 12.8 Å². The first-order chi connectivity index (χ1) is 12.2. The van der Waals surface area contributed by atoms with Crippen molar-refractivity contribution in [3.63, 3.8) is 0 Å². The number of carbonyl (C=O) groups is 2. The summed E-state index contributed by atoms with van der Waals surface area (Å²) >= 11 is 0. The first kappa shape index (κ1) is 15.7. The molecule has 0 spiro atoms. The number of fused-ring (bicyclic) bond motifs is 1. The number of amides is 2. The third kappa shape index (κ3) is 3.12. The summed E-state index contributed by atoms with van der Waals surface area (Å²) in [5.74, 6) is 0.910. The Bertz CT molecular complexity index is 785. The summed E-state index contributed by atoms with van der Waals surface area (Å²) in [7, 11) is 0. The normalized spacial score (nSPS) is 17.0. The summed E-state index contributed by atoms with van der Waals surface area (Å²) in [6, 6.07) is 9.26. The Morgan fingerprint density at radius 2 is 1.80 bits per heavy atom. The molecule has 130 valence electrons. The molecule has 1 saturated heterocycles. The quantitative estimate of drug-likeness (QED) is 0.909. The van der Waals surface area contributed by atoms with Crippen LogP contribution < -0.4 is 4.74 Å². The maximum absolute atomic E-state index is 12.8. The van der Waals surface area contributed by atoms with Crippen molar-refractivity contribution < 1.29 is 14.3 Å². The number of nitrogens with one attached hydrogen (secondary N) is 1. The van der Waals surface area contributed by atoms with Gasteiger partial charge in [-0.05, 0) is 42.3 Å². The molecule has 0 aliphatic carbocycles. The zero-order valence-electron chi connectivity index (χ0n) is 14.0. The minimum absolute atomic E-state index is 0.00558. The van der Waals surface area contributed by atoms with Crippen LogP contribution in [0.4, 0.5) is 0 Å². The van der Waals surface area contributed by atoms with Gasteiger partial charge in [-0.15, -0.1) is 0 Å². The van der Waals surface area contributed by atoms with Crippen LogP contribution in [0.25, 0.3) is 0 Å². The van der Waals surface area contributed by atoms with E-state index in [-0.39, 0.29) is 11.8 Å². The van der Waals surface area contributed by atoms with Gasteiger partial charge in [0.15, 0.2) is 0 Å². The fourth-order valence-electron chi connectivity index (χ4n) is 3.46. The number of hydrogen-bond donors (Lipinski definition) is 1. The van der Waals surface area contributed by atoms with Gasteiger partial charge in [-0.2, -0.15) is 0 Å². The molecule has 2 aliphatic heterocycles. The number of H-pyrrole nitrogens is 1. The van der Waals surface area contributed by atoms with Crippen LogP contribution >= 0.6 is 0 Å². The van der Waals surface area contributed by atoms with Crippen LogP contribution in [0.5, 0.6) is 5.75 Å². The summed E-state index contributed by atoms with van der Waals surface area (Å²) in [6.45, 7) is 3.13. The molecule has 0 saturated carbocycles. The average molecular weight is 339 g/mol. The summed E-state index contributed by atoms with van der Waals surface area (Å²) in [4.78, 5) is 31.9. The molecule has 1 aromatic carbocycles. The second kappa shape index (κ2) is 6.63. The van der Waals surface area contributed by atoms with E-state index in [1.807, 2.05) is 34.1 Å². The number of rotatable bonds is 2. The Labute approximate surface area is 146 Å². The zero-order chi connectivity index (χ0) is 17.2. The topological polar surface area (TPSA) is 65.6 Å². The molecule has 0 bridgehead atoms. The number of ether oxygens (including phenoxy) is 1. The third-order valence-electron chi connectivity index (χ3n) is 4.84. The highest BCUT2D eigenvalue weighted by molar-refractivity contribution is 5.95. The van der Waals surface area contributed by atoms with Crippen molar-refractivity contribution in [2.24, 2.45) is 0 Å². The van der Waals surface area contributed by atoms with Crippen LogP contribution in [0.15, 0.2) is 36.5 Å². The second-order valence-electron chi connectivity index (χ2n) is 6.44. The predicted molar refractivity (Wildman–Crippen MR) is 92.9 cm³/mol. The van der Waals surface area contributed by atoms with Crippen molar-refractivity contribution in [1.29, 1.82) is 0 Å². The molecule has 1 fully saturated rings. The molecule has 2 aliphatic rings. The molecule has 4 rings (SSSR count). The molecule has 6 nitrogen and oxygen atoms in total. The van der Waals surface area contributed by atoms with Gasteiger partial charge >= 0.3 is 0 Å². The monoisotopic (exact) mass is 339 g/mol. The highest BCUT2D eigenvalue weighted by atomic mass is 16.5. The highest BCUT2D eigenvalue weighted by Crippen LogP contribution is 2.26. The van der Waals surface area contributed by atoms with Gasteiger partial charge in [-0.1, -0.05) is 0 Å². The molecule has 2 aromatic rings. The first-order valence-electron chi connectivity index (χ1n) is 8.70. The van der Waals surface area contributed by atoms with E-state index in [9.17, 15) is 9.59 Å². The van der Waals surface area contributed by atoms with Crippen LogP contribution in [0, 0.1) is 0 Å².